The van der Waals surface area contributed by atoms with E-state index in [9.17, 15) is 4.79 Å². The molecule has 1 N–H and O–H groups in total. The van der Waals surface area contributed by atoms with Gasteiger partial charge in [-0.2, -0.15) is 0 Å². The molecule has 2 aromatic carbocycles. The Morgan fingerprint density at radius 3 is 2.75 bits per heavy atom. The van der Waals surface area contributed by atoms with Crippen molar-refractivity contribution in [2.75, 3.05) is 5.32 Å². The lowest BCUT2D eigenvalue weighted by Gasteiger charge is -2.14. The highest BCUT2D eigenvalue weighted by atomic mass is 32.2. The molecule has 2 aromatic heterocycles. The van der Waals surface area contributed by atoms with Crippen LogP contribution >= 0.6 is 23.1 Å². The number of para-hydroxylation sites is 1. The molecule has 0 saturated carbocycles. The van der Waals surface area contributed by atoms with Crippen molar-refractivity contribution >= 4 is 55.3 Å². The number of nitrogens with zero attached hydrogens (tertiary/aromatic N) is 2. The van der Waals surface area contributed by atoms with E-state index in [1.807, 2.05) is 37.3 Å². The van der Waals surface area contributed by atoms with Gasteiger partial charge in [-0.15, -0.1) is 0 Å². The molecule has 0 bridgehead atoms. The summed E-state index contributed by atoms with van der Waals surface area (Å²) in [6, 6.07) is 16.3. The second-order valence-corrected chi connectivity index (χ2v) is 9.04. The van der Waals surface area contributed by atoms with Crippen LogP contribution in [0.15, 0.2) is 53.6 Å². The zero-order valence-electron chi connectivity index (χ0n) is 16.0. The number of hydrogen-bond donors (Lipinski definition) is 1. The number of hydrogen-bond acceptors (Lipinski definition) is 5. The van der Waals surface area contributed by atoms with E-state index >= 15 is 0 Å². The molecule has 0 saturated heterocycles. The normalized spacial score (nSPS) is 12.4. The van der Waals surface area contributed by atoms with Gasteiger partial charge < -0.3 is 5.32 Å². The molecule has 1 amide bonds. The van der Waals surface area contributed by atoms with E-state index in [0.29, 0.717) is 11.6 Å². The van der Waals surface area contributed by atoms with Crippen molar-refractivity contribution in [1.29, 1.82) is 0 Å². The molecule has 6 heteroatoms. The van der Waals surface area contributed by atoms with Gasteiger partial charge in [0, 0.05) is 5.39 Å². The van der Waals surface area contributed by atoms with E-state index in [2.05, 4.69) is 42.3 Å². The van der Waals surface area contributed by atoms with E-state index in [-0.39, 0.29) is 11.2 Å². The number of rotatable bonds is 5. The largest absolute Gasteiger partial charge is 0.301 e. The number of carbonyl (C=O) groups is 1. The number of thioether (sulfide) groups is 1. The lowest BCUT2D eigenvalue weighted by atomic mass is 10.1. The van der Waals surface area contributed by atoms with Crippen molar-refractivity contribution in [3.05, 3.63) is 59.7 Å². The quantitative estimate of drug-likeness (QED) is 0.414. The zero-order chi connectivity index (χ0) is 19.7. The number of aromatic nitrogens is 2. The van der Waals surface area contributed by atoms with Crippen LogP contribution in [-0.4, -0.2) is 21.1 Å². The maximum absolute atomic E-state index is 12.8. The van der Waals surface area contributed by atoms with Gasteiger partial charge in [0.1, 0.15) is 0 Å². The Bertz CT molecular complexity index is 1170. The molecule has 4 nitrogen and oxygen atoms in total. The number of aryl methyl sites for hydroxylation is 2. The average molecular weight is 408 g/mol. The van der Waals surface area contributed by atoms with Crippen LogP contribution in [0, 0.1) is 13.8 Å². The van der Waals surface area contributed by atoms with Gasteiger partial charge in [-0.05, 0) is 55.7 Å². The van der Waals surface area contributed by atoms with E-state index < -0.39 is 0 Å². The minimum Gasteiger partial charge on any atom is -0.301 e. The Balaban J connectivity index is 1.53. The van der Waals surface area contributed by atoms with Crippen LogP contribution in [0.5, 0.6) is 0 Å². The molecule has 28 heavy (non-hydrogen) atoms. The Morgan fingerprint density at radius 1 is 1.11 bits per heavy atom. The number of carbonyl (C=O) groups excluding carboxylic acids is 1. The van der Waals surface area contributed by atoms with Crippen LogP contribution < -0.4 is 5.32 Å². The maximum Gasteiger partial charge on any atom is 0.239 e. The minimum absolute atomic E-state index is 0.0316. The van der Waals surface area contributed by atoms with Crippen molar-refractivity contribution in [1.82, 2.24) is 9.97 Å². The first-order valence-electron chi connectivity index (χ1n) is 9.24. The molecule has 4 rings (SSSR count). The van der Waals surface area contributed by atoms with Gasteiger partial charge in [0.25, 0.3) is 0 Å². The highest BCUT2D eigenvalue weighted by molar-refractivity contribution is 8.00. The average Bonchev–Trinajstić information content (AvgIpc) is 3.07. The smallest absolute Gasteiger partial charge is 0.239 e. The summed E-state index contributed by atoms with van der Waals surface area (Å²) in [5.74, 6) is -0.0316. The number of anilines is 1. The number of benzene rings is 2. The van der Waals surface area contributed by atoms with Gasteiger partial charge in [-0.1, -0.05) is 54.3 Å². The van der Waals surface area contributed by atoms with Gasteiger partial charge in [-0.25, -0.2) is 9.97 Å². The summed E-state index contributed by atoms with van der Waals surface area (Å²) in [5.41, 5.74) is 4.24. The molecule has 1 unspecified atom stereocenters. The fraction of sp³-hybridized carbons (Fsp3) is 0.227. The predicted octanol–water partition coefficient (Wildman–Crippen LogP) is 5.97. The van der Waals surface area contributed by atoms with Crippen LogP contribution in [0.1, 0.15) is 24.5 Å². The molecule has 0 radical (unpaired) electrons. The third-order valence-electron chi connectivity index (χ3n) is 4.60. The standard InChI is InChI=1S/C22H21N3OS2/c1-4-18(27-20-12-14(3)15-7-5-6-8-16(15)23-20)21(26)25-22-24-17-10-9-13(2)11-19(17)28-22/h5-12,18H,4H2,1-3H3,(H,24,25,26). The van der Waals surface area contributed by atoms with Crippen LogP contribution in [-0.2, 0) is 4.79 Å². The first-order chi connectivity index (χ1) is 13.5. The highest BCUT2D eigenvalue weighted by Crippen LogP contribution is 2.30. The predicted molar refractivity (Wildman–Crippen MR) is 119 cm³/mol. The molecule has 0 spiro atoms. The van der Waals surface area contributed by atoms with E-state index in [4.69, 9.17) is 4.98 Å². The summed E-state index contributed by atoms with van der Waals surface area (Å²) >= 11 is 3.02. The molecular formula is C22H21N3OS2. The molecule has 0 aliphatic heterocycles. The number of amides is 1. The van der Waals surface area contributed by atoms with E-state index in [0.717, 1.165) is 26.1 Å². The zero-order valence-corrected chi connectivity index (χ0v) is 17.7. The second-order valence-electron chi connectivity index (χ2n) is 6.79. The Kier molecular flexibility index (Phi) is 5.33. The van der Waals surface area contributed by atoms with Gasteiger partial charge in [-0.3, -0.25) is 4.79 Å². The first kappa shape index (κ1) is 18.9. The number of pyridine rings is 1. The molecule has 2 heterocycles. The second kappa shape index (κ2) is 7.89. The van der Waals surface area contributed by atoms with Crippen LogP contribution in [0.4, 0.5) is 5.13 Å². The maximum atomic E-state index is 12.8. The molecule has 142 valence electrons. The van der Waals surface area contributed by atoms with Crippen LogP contribution in [0.2, 0.25) is 0 Å². The first-order valence-corrected chi connectivity index (χ1v) is 10.9. The van der Waals surface area contributed by atoms with E-state index in [1.165, 1.54) is 34.2 Å². The fourth-order valence-electron chi connectivity index (χ4n) is 3.12. The number of nitrogens with one attached hydrogen (secondary N) is 1. The third-order valence-corrected chi connectivity index (χ3v) is 6.82. The lowest BCUT2D eigenvalue weighted by Crippen LogP contribution is -2.24. The Hall–Kier alpha value is -2.44. The van der Waals surface area contributed by atoms with Gasteiger partial charge in [0.05, 0.1) is 26.0 Å². The molecule has 0 aliphatic carbocycles. The van der Waals surface area contributed by atoms with Crippen molar-refractivity contribution in [3.8, 4) is 0 Å². The minimum atomic E-state index is -0.221. The molecule has 0 aliphatic rings. The SMILES string of the molecule is CCC(Sc1cc(C)c2ccccc2n1)C(=O)Nc1nc2ccc(C)cc2s1. The molecule has 1 atom stereocenters. The van der Waals surface area contributed by atoms with Crippen LogP contribution in [0.25, 0.3) is 21.1 Å². The summed E-state index contributed by atoms with van der Waals surface area (Å²) in [6.07, 6.45) is 0.716. The monoisotopic (exact) mass is 407 g/mol. The molecule has 0 fully saturated rings. The summed E-state index contributed by atoms with van der Waals surface area (Å²) in [6.45, 7) is 6.16. The fourth-order valence-corrected chi connectivity index (χ4v) is 5.11. The van der Waals surface area contributed by atoms with Gasteiger partial charge >= 0.3 is 0 Å². The third kappa shape index (κ3) is 3.88. The summed E-state index contributed by atoms with van der Waals surface area (Å²) < 4.78 is 1.09. The lowest BCUT2D eigenvalue weighted by molar-refractivity contribution is -0.115. The Morgan fingerprint density at radius 2 is 1.93 bits per heavy atom. The van der Waals surface area contributed by atoms with Crippen LogP contribution in [0.3, 0.4) is 0 Å². The number of fused-ring (bicyclic) bond motifs is 2. The summed E-state index contributed by atoms with van der Waals surface area (Å²) in [5, 5.41) is 5.44. The topological polar surface area (TPSA) is 54.9 Å². The van der Waals surface area contributed by atoms with Crippen molar-refractivity contribution in [3.63, 3.8) is 0 Å². The van der Waals surface area contributed by atoms with Crippen molar-refractivity contribution in [2.45, 2.75) is 37.5 Å². The summed E-state index contributed by atoms with van der Waals surface area (Å²) in [4.78, 5) is 22.1. The number of thiazole rings is 1. The molecule has 4 aromatic rings. The van der Waals surface area contributed by atoms with Crippen molar-refractivity contribution in [2.24, 2.45) is 0 Å². The molecular weight excluding hydrogens is 386 g/mol. The van der Waals surface area contributed by atoms with Gasteiger partial charge in [0.15, 0.2) is 5.13 Å². The highest BCUT2D eigenvalue weighted by Gasteiger charge is 2.20. The van der Waals surface area contributed by atoms with E-state index in [1.54, 1.807) is 0 Å². The van der Waals surface area contributed by atoms with Gasteiger partial charge in [0.2, 0.25) is 5.91 Å². The van der Waals surface area contributed by atoms with Crippen molar-refractivity contribution < 1.29 is 4.79 Å². The summed E-state index contributed by atoms with van der Waals surface area (Å²) in [7, 11) is 0. The Labute approximate surface area is 172 Å².